The second-order valence-electron chi connectivity index (χ2n) is 8.93. The van der Waals surface area contributed by atoms with E-state index in [1.54, 1.807) is 0 Å². The first kappa shape index (κ1) is 22.7. The molecule has 0 bridgehead atoms. The lowest BCUT2D eigenvalue weighted by Gasteiger charge is -2.33. The van der Waals surface area contributed by atoms with Gasteiger partial charge in [-0.2, -0.15) is 0 Å². The summed E-state index contributed by atoms with van der Waals surface area (Å²) in [7, 11) is 0. The minimum Gasteiger partial charge on any atom is -0.489 e. The first-order chi connectivity index (χ1) is 13.5. The van der Waals surface area contributed by atoms with Crippen LogP contribution in [-0.2, 0) is 5.41 Å². The van der Waals surface area contributed by atoms with Crippen molar-refractivity contribution in [1.29, 1.82) is 0 Å². The van der Waals surface area contributed by atoms with E-state index in [4.69, 9.17) is 4.74 Å². The first-order valence-corrected chi connectivity index (χ1v) is 11.2. The molecule has 1 aliphatic heterocycles. The maximum absolute atomic E-state index is 6.16. The zero-order valence-corrected chi connectivity index (χ0v) is 18.5. The maximum atomic E-state index is 6.16. The van der Waals surface area contributed by atoms with Crippen LogP contribution in [0.5, 0.6) is 5.75 Å². The Morgan fingerprint density at radius 3 is 2.71 bits per heavy atom. The summed E-state index contributed by atoms with van der Waals surface area (Å²) in [6.45, 7) is 18.6. The number of hydrogen-bond donors (Lipinski definition) is 0. The van der Waals surface area contributed by atoms with Crippen molar-refractivity contribution in [1.82, 2.24) is 4.90 Å². The Kier molecular flexibility index (Phi) is 9.31. The quantitative estimate of drug-likeness (QED) is 0.288. The van der Waals surface area contributed by atoms with Gasteiger partial charge in [0.15, 0.2) is 0 Å². The summed E-state index contributed by atoms with van der Waals surface area (Å²) in [6.07, 6.45) is 12.8. The van der Waals surface area contributed by atoms with Crippen molar-refractivity contribution in [3.8, 4) is 5.75 Å². The molecule has 0 spiro atoms. The third-order valence-electron chi connectivity index (χ3n) is 6.14. The number of unbranched alkanes of at least 4 members (excludes halogenated alkanes) is 3. The second kappa shape index (κ2) is 11.5. The summed E-state index contributed by atoms with van der Waals surface area (Å²) in [5.74, 6) is 1.60. The van der Waals surface area contributed by atoms with Crippen LogP contribution in [0.4, 0.5) is 0 Å². The van der Waals surface area contributed by atoms with Gasteiger partial charge in [0.05, 0.1) is 0 Å². The zero-order valence-electron chi connectivity index (χ0n) is 18.5. The molecule has 1 heterocycles. The molecule has 1 saturated heterocycles. The molecular formula is C26H41NO. The molecule has 0 amide bonds. The first-order valence-electron chi connectivity index (χ1n) is 11.2. The SMILES string of the molecule is C=CCOc1cc(C(C)(C)CCCCCC)ccc1C1CCCN(CC=C)C1. The number of benzene rings is 1. The number of piperidine rings is 1. The van der Waals surface area contributed by atoms with Crippen LogP contribution in [0, 0.1) is 0 Å². The van der Waals surface area contributed by atoms with Crippen molar-refractivity contribution >= 4 is 0 Å². The van der Waals surface area contributed by atoms with Gasteiger partial charge in [0, 0.05) is 19.0 Å². The molecule has 1 aromatic carbocycles. The summed E-state index contributed by atoms with van der Waals surface area (Å²) in [6, 6.07) is 7.00. The Morgan fingerprint density at radius 1 is 1.18 bits per heavy atom. The lowest BCUT2D eigenvalue weighted by atomic mass is 9.78. The van der Waals surface area contributed by atoms with Crippen LogP contribution >= 0.6 is 0 Å². The fraction of sp³-hybridized carbons (Fsp3) is 0.615. The molecule has 0 saturated carbocycles. The highest BCUT2D eigenvalue weighted by Crippen LogP contribution is 2.38. The average Bonchev–Trinajstić information content (AvgIpc) is 2.70. The van der Waals surface area contributed by atoms with Crippen molar-refractivity contribution < 1.29 is 4.74 Å². The summed E-state index contributed by atoms with van der Waals surface area (Å²) in [5, 5.41) is 0. The van der Waals surface area contributed by atoms with E-state index < -0.39 is 0 Å². The van der Waals surface area contributed by atoms with E-state index in [1.165, 1.54) is 62.6 Å². The predicted octanol–water partition coefficient (Wildman–Crippen LogP) is 6.86. The minimum absolute atomic E-state index is 0.181. The fourth-order valence-corrected chi connectivity index (χ4v) is 4.36. The van der Waals surface area contributed by atoms with Gasteiger partial charge < -0.3 is 4.74 Å². The van der Waals surface area contributed by atoms with Gasteiger partial charge in [0.2, 0.25) is 0 Å². The molecule has 1 unspecified atom stereocenters. The van der Waals surface area contributed by atoms with Gasteiger partial charge in [-0.25, -0.2) is 0 Å². The molecule has 1 aliphatic rings. The predicted molar refractivity (Wildman–Crippen MR) is 123 cm³/mol. The standard InChI is InChI=1S/C26H41NO/c1-6-9-10-11-16-26(4,5)23-14-15-24(25(20-23)28-19-8-3)22-13-12-18-27(21-22)17-7-2/h7-8,14-15,20,22H,2-3,6,9-13,16-19,21H2,1,4-5H3. The number of rotatable bonds is 12. The number of likely N-dealkylation sites (tertiary alicyclic amines) is 1. The van der Waals surface area contributed by atoms with Gasteiger partial charge in [0.1, 0.15) is 12.4 Å². The molecule has 1 atom stereocenters. The number of ether oxygens (including phenoxy) is 1. The van der Waals surface area contributed by atoms with Crippen molar-refractivity contribution in [3.63, 3.8) is 0 Å². The lowest BCUT2D eigenvalue weighted by Crippen LogP contribution is -2.34. The summed E-state index contributed by atoms with van der Waals surface area (Å²) in [5.41, 5.74) is 2.94. The Morgan fingerprint density at radius 2 is 2.00 bits per heavy atom. The van der Waals surface area contributed by atoms with Crippen LogP contribution in [-0.4, -0.2) is 31.1 Å². The zero-order chi connectivity index (χ0) is 20.4. The molecule has 1 fully saturated rings. The number of nitrogens with zero attached hydrogens (tertiary/aromatic N) is 1. The Bertz CT molecular complexity index is 619. The van der Waals surface area contributed by atoms with E-state index in [0.29, 0.717) is 12.5 Å². The molecule has 0 radical (unpaired) electrons. The Balaban J connectivity index is 2.19. The summed E-state index contributed by atoms with van der Waals surface area (Å²) >= 11 is 0. The molecule has 156 valence electrons. The van der Waals surface area contributed by atoms with E-state index in [-0.39, 0.29) is 5.41 Å². The Hall–Kier alpha value is -1.54. The monoisotopic (exact) mass is 383 g/mol. The molecule has 2 nitrogen and oxygen atoms in total. The van der Waals surface area contributed by atoms with E-state index in [0.717, 1.165) is 18.8 Å². The van der Waals surface area contributed by atoms with Crippen molar-refractivity contribution in [2.45, 2.75) is 77.0 Å². The third kappa shape index (κ3) is 6.51. The molecule has 0 aromatic heterocycles. The normalized spacial score (nSPS) is 18.0. The van der Waals surface area contributed by atoms with Crippen LogP contribution < -0.4 is 4.74 Å². The molecule has 0 N–H and O–H groups in total. The van der Waals surface area contributed by atoms with Crippen molar-refractivity contribution in [2.24, 2.45) is 0 Å². The van der Waals surface area contributed by atoms with Crippen LogP contribution in [0.1, 0.15) is 82.8 Å². The molecule has 1 aromatic rings. The average molecular weight is 384 g/mol. The van der Waals surface area contributed by atoms with Crippen LogP contribution in [0.25, 0.3) is 0 Å². The third-order valence-corrected chi connectivity index (χ3v) is 6.14. The van der Waals surface area contributed by atoms with Gasteiger partial charge >= 0.3 is 0 Å². The van der Waals surface area contributed by atoms with E-state index in [9.17, 15) is 0 Å². The highest BCUT2D eigenvalue weighted by atomic mass is 16.5. The molecule has 0 aliphatic carbocycles. The van der Waals surface area contributed by atoms with Crippen LogP contribution in [0.3, 0.4) is 0 Å². The van der Waals surface area contributed by atoms with Gasteiger partial charge in [0.25, 0.3) is 0 Å². The topological polar surface area (TPSA) is 12.5 Å². The molecule has 28 heavy (non-hydrogen) atoms. The van der Waals surface area contributed by atoms with Crippen molar-refractivity contribution in [3.05, 3.63) is 54.6 Å². The van der Waals surface area contributed by atoms with E-state index >= 15 is 0 Å². The molecular weight excluding hydrogens is 342 g/mol. The van der Waals surface area contributed by atoms with Gasteiger partial charge in [-0.05, 0) is 48.4 Å². The van der Waals surface area contributed by atoms with Gasteiger partial charge in [-0.15, -0.1) is 6.58 Å². The highest BCUT2D eigenvalue weighted by Gasteiger charge is 2.26. The smallest absolute Gasteiger partial charge is 0.123 e. The van der Waals surface area contributed by atoms with Gasteiger partial charge in [-0.3, -0.25) is 4.90 Å². The lowest BCUT2D eigenvalue weighted by molar-refractivity contribution is 0.224. The fourth-order valence-electron chi connectivity index (χ4n) is 4.36. The Labute approximate surface area is 173 Å². The number of hydrogen-bond acceptors (Lipinski definition) is 2. The second-order valence-corrected chi connectivity index (χ2v) is 8.93. The summed E-state index contributed by atoms with van der Waals surface area (Å²) < 4.78 is 6.16. The molecule has 2 rings (SSSR count). The van der Waals surface area contributed by atoms with E-state index in [2.05, 4.69) is 57.0 Å². The van der Waals surface area contributed by atoms with Crippen molar-refractivity contribution in [2.75, 3.05) is 26.2 Å². The van der Waals surface area contributed by atoms with Crippen LogP contribution in [0.15, 0.2) is 43.5 Å². The maximum Gasteiger partial charge on any atom is 0.123 e. The van der Waals surface area contributed by atoms with Gasteiger partial charge in [-0.1, -0.05) is 77.3 Å². The summed E-state index contributed by atoms with van der Waals surface area (Å²) in [4.78, 5) is 2.50. The largest absolute Gasteiger partial charge is 0.489 e. The van der Waals surface area contributed by atoms with E-state index in [1.807, 2.05) is 12.2 Å². The minimum atomic E-state index is 0.181. The molecule has 2 heteroatoms. The highest BCUT2D eigenvalue weighted by molar-refractivity contribution is 5.43. The van der Waals surface area contributed by atoms with Crippen LogP contribution in [0.2, 0.25) is 0 Å².